The van der Waals surface area contributed by atoms with Gasteiger partial charge in [-0.05, 0) is 84.9 Å². The molecule has 0 amide bonds. The van der Waals surface area contributed by atoms with Gasteiger partial charge in [-0.1, -0.05) is 84.4 Å². The van der Waals surface area contributed by atoms with E-state index in [0.29, 0.717) is 13.1 Å². The number of hydrogen-bond donors (Lipinski definition) is 2. The summed E-state index contributed by atoms with van der Waals surface area (Å²) in [5.41, 5.74) is 23.7. The highest BCUT2D eigenvalue weighted by molar-refractivity contribution is 6.31. The Labute approximate surface area is 247 Å². The minimum absolute atomic E-state index is 0.613. The molecule has 0 atom stereocenters. The molecule has 5 heteroatoms. The molecule has 0 aliphatic heterocycles. The fourth-order valence-corrected chi connectivity index (χ4v) is 6.56. The number of fused-ring (bicyclic) bond motifs is 2. The van der Waals surface area contributed by atoms with Crippen molar-refractivity contribution in [3.63, 3.8) is 0 Å². The SMILES string of the molecule is Cc1c(CCN)c2cc(Cc3c(CCN)c4ccccc4n3Cc3ccccc3)ccc2n1Cc1ccccc1Cl. The van der Waals surface area contributed by atoms with Crippen LogP contribution in [0.3, 0.4) is 0 Å². The predicted octanol–water partition coefficient (Wildman–Crippen LogP) is 7.25. The molecule has 0 fully saturated rings. The fraction of sp³-hybridized carbons (Fsp3) is 0.222. The Balaban J connectivity index is 1.46. The molecule has 0 aliphatic rings. The van der Waals surface area contributed by atoms with Crippen LogP contribution in [-0.2, 0) is 32.4 Å². The first kappa shape index (κ1) is 27.3. The van der Waals surface area contributed by atoms with Crippen molar-refractivity contribution in [2.45, 2.75) is 39.3 Å². The number of rotatable bonds is 10. The summed E-state index contributed by atoms with van der Waals surface area (Å²) in [6.07, 6.45) is 2.53. The van der Waals surface area contributed by atoms with Crippen molar-refractivity contribution in [3.8, 4) is 0 Å². The molecule has 0 bridgehead atoms. The fourth-order valence-electron chi connectivity index (χ4n) is 6.36. The lowest BCUT2D eigenvalue weighted by molar-refractivity contribution is 0.771. The number of aromatic nitrogens is 2. The minimum atomic E-state index is 0.613. The number of para-hydroxylation sites is 1. The molecule has 0 radical (unpaired) electrons. The zero-order valence-corrected chi connectivity index (χ0v) is 24.4. The van der Waals surface area contributed by atoms with Crippen LogP contribution in [0.4, 0.5) is 0 Å². The first-order chi connectivity index (χ1) is 20.1. The third-order valence-electron chi connectivity index (χ3n) is 8.34. The molecule has 6 rings (SSSR count). The van der Waals surface area contributed by atoms with Gasteiger partial charge in [0, 0.05) is 57.7 Å². The van der Waals surface area contributed by atoms with Gasteiger partial charge in [-0.25, -0.2) is 0 Å². The molecule has 4 N–H and O–H groups in total. The zero-order chi connectivity index (χ0) is 28.3. The average Bonchev–Trinajstić information content (AvgIpc) is 3.41. The summed E-state index contributed by atoms with van der Waals surface area (Å²) in [6.45, 7) is 5.00. The first-order valence-corrected chi connectivity index (χ1v) is 14.8. The van der Waals surface area contributed by atoms with Crippen LogP contribution in [0.25, 0.3) is 21.8 Å². The van der Waals surface area contributed by atoms with Gasteiger partial charge in [-0.3, -0.25) is 0 Å². The van der Waals surface area contributed by atoms with E-state index >= 15 is 0 Å². The Morgan fingerprint density at radius 3 is 2.10 bits per heavy atom. The van der Waals surface area contributed by atoms with E-state index in [1.54, 1.807) is 0 Å². The van der Waals surface area contributed by atoms with Gasteiger partial charge in [0.1, 0.15) is 0 Å². The van der Waals surface area contributed by atoms with Crippen molar-refractivity contribution < 1.29 is 0 Å². The Hall–Kier alpha value is -3.83. The molecular formula is C36H37ClN4. The van der Waals surface area contributed by atoms with E-state index < -0.39 is 0 Å². The lowest BCUT2D eigenvalue weighted by atomic mass is 9.99. The Morgan fingerprint density at radius 2 is 1.32 bits per heavy atom. The molecule has 41 heavy (non-hydrogen) atoms. The second-order valence-corrected chi connectivity index (χ2v) is 11.3. The van der Waals surface area contributed by atoms with Crippen molar-refractivity contribution in [1.82, 2.24) is 9.13 Å². The van der Waals surface area contributed by atoms with Crippen LogP contribution < -0.4 is 11.5 Å². The van der Waals surface area contributed by atoms with Crippen LogP contribution >= 0.6 is 11.6 Å². The summed E-state index contributed by atoms with van der Waals surface area (Å²) in [5.74, 6) is 0. The van der Waals surface area contributed by atoms with E-state index in [1.165, 1.54) is 55.4 Å². The molecule has 208 valence electrons. The lowest BCUT2D eigenvalue weighted by Gasteiger charge is -2.14. The van der Waals surface area contributed by atoms with Gasteiger partial charge >= 0.3 is 0 Å². The van der Waals surface area contributed by atoms with Crippen molar-refractivity contribution >= 4 is 33.4 Å². The summed E-state index contributed by atoms with van der Waals surface area (Å²) in [6, 6.07) is 34.5. The molecule has 0 saturated heterocycles. The molecule has 2 aromatic heterocycles. The number of nitrogens with two attached hydrogens (primary N) is 2. The van der Waals surface area contributed by atoms with Crippen LogP contribution in [0, 0.1) is 6.92 Å². The lowest BCUT2D eigenvalue weighted by Crippen LogP contribution is -2.09. The summed E-state index contributed by atoms with van der Waals surface area (Å²) in [7, 11) is 0. The third kappa shape index (κ3) is 5.31. The molecule has 6 aromatic rings. The van der Waals surface area contributed by atoms with E-state index in [4.69, 9.17) is 23.1 Å². The summed E-state index contributed by atoms with van der Waals surface area (Å²) in [4.78, 5) is 0. The zero-order valence-electron chi connectivity index (χ0n) is 23.6. The van der Waals surface area contributed by atoms with E-state index in [2.05, 4.69) is 101 Å². The topological polar surface area (TPSA) is 61.9 Å². The van der Waals surface area contributed by atoms with Crippen LogP contribution in [0.2, 0.25) is 5.02 Å². The smallest absolute Gasteiger partial charge is 0.0493 e. The van der Waals surface area contributed by atoms with Crippen molar-refractivity contribution in [2.75, 3.05) is 13.1 Å². The van der Waals surface area contributed by atoms with Crippen LogP contribution in [0.5, 0.6) is 0 Å². The summed E-state index contributed by atoms with van der Waals surface area (Å²) < 4.78 is 4.88. The molecule has 0 unspecified atom stereocenters. The summed E-state index contributed by atoms with van der Waals surface area (Å²) in [5, 5.41) is 3.38. The van der Waals surface area contributed by atoms with Gasteiger partial charge in [-0.2, -0.15) is 0 Å². The van der Waals surface area contributed by atoms with Gasteiger partial charge in [0.05, 0.1) is 0 Å². The van der Waals surface area contributed by atoms with Crippen molar-refractivity contribution in [2.24, 2.45) is 11.5 Å². The number of benzene rings is 4. The number of halogens is 1. The third-order valence-corrected chi connectivity index (χ3v) is 8.71. The number of hydrogen-bond acceptors (Lipinski definition) is 2. The molecule has 0 saturated carbocycles. The maximum Gasteiger partial charge on any atom is 0.0493 e. The van der Waals surface area contributed by atoms with Gasteiger partial charge < -0.3 is 20.6 Å². The Morgan fingerprint density at radius 1 is 0.634 bits per heavy atom. The van der Waals surface area contributed by atoms with E-state index in [1.807, 2.05) is 12.1 Å². The van der Waals surface area contributed by atoms with Gasteiger partial charge in [0.25, 0.3) is 0 Å². The van der Waals surface area contributed by atoms with Crippen LogP contribution in [-0.4, -0.2) is 22.2 Å². The largest absolute Gasteiger partial charge is 0.340 e. The van der Waals surface area contributed by atoms with E-state index in [9.17, 15) is 0 Å². The van der Waals surface area contributed by atoms with Crippen molar-refractivity contribution in [1.29, 1.82) is 0 Å². The second kappa shape index (κ2) is 12.0. The number of nitrogens with zero attached hydrogens (tertiary/aromatic N) is 2. The molecule has 4 aromatic carbocycles. The van der Waals surface area contributed by atoms with Crippen LogP contribution in [0.1, 0.15) is 39.2 Å². The predicted molar refractivity (Wildman–Crippen MR) is 173 cm³/mol. The average molecular weight is 561 g/mol. The highest BCUT2D eigenvalue weighted by Crippen LogP contribution is 2.33. The Kier molecular flexibility index (Phi) is 7.97. The molecule has 0 aliphatic carbocycles. The Bertz CT molecular complexity index is 1810. The minimum Gasteiger partial charge on any atom is -0.340 e. The molecule has 4 nitrogen and oxygen atoms in total. The quantitative estimate of drug-likeness (QED) is 0.185. The van der Waals surface area contributed by atoms with Crippen LogP contribution in [0.15, 0.2) is 97.1 Å². The van der Waals surface area contributed by atoms with Gasteiger partial charge in [0.15, 0.2) is 0 Å². The molecule has 0 spiro atoms. The molecule has 2 heterocycles. The maximum atomic E-state index is 6.56. The van der Waals surface area contributed by atoms with E-state index in [-0.39, 0.29) is 0 Å². The standard InChI is InChI=1S/C36H37ClN4/c1-25-29(17-19-38)32-21-27(15-16-35(32)40(25)24-28-11-5-7-13-33(28)37)22-36-31(18-20-39)30-12-6-8-14-34(30)41(36)23-26-9-3-2-4-10-26/h2-16,21H,17-20,22-24,38-39H2,1H3. The normalized spacial score (nSPS) is 11.6. The first-order valence-electron chi connectivity index (χ1n) is 14.5. The second-order valence-electron chi connectivity index (χ2n) is 10.9. The van der Waals surface area contributed by atoms with Gasteiger partial charge in [-0.15, -0.1) is 0 Å². The van der Waals surface area contributed by atoms with Gasteiger partial charge in [0.2, 0.25) is 0 Å². The van der Waals surface area contributed by atoms with Crippen molar-refractivity contribution in [3.05, 3.63) is 141 Å². The van der Waals surface area contributed by atoms with E-state index in [0.717, 1.165) is 42.9 Å². The summed E-state index contributed by atoms with van der Waals surface area (Å²) >= 11 is 6.56. The molecular weight excluding hydrogens is 524 g/mol. The monoisotopic (exact) mass is 560 g/mol. The maximum absolute atomic E-state index is 6.56. The highest BCUT2D eigenvalue weighted by Gasteiger charge is 2.19. The highest BCUT2D eigenvalue weighted by atomic mass is 35.5.